The van der Waals surface area contributed by atoms with Gasteiger partial charge in [0, 0.05) is 25.2 Å². The van der Waals surface area contributed by atoms with Crippen LogP contribution in [0.15, 0.2) is 0 Å². The van der Waals surface area contributed by atoms with Gasteiger partial charge in [-0.15, -0.1) is 0 Å². The molecule has 120 valence electrons. The Bertz CT molecular complexity index is 262. The predicted molar refractivity (Wildman–Crippen MR) is 104 cm³/mol. The zero-order chi connectivity index (χ0) is 16.3. The zero-order valence-electron chi connectivity index (χ0n) is 14.2. The molecule has 0 aliphatic heterocycles. The molecule has 0 aromatic rings. The molecule has 0 radical (unpaired) electrons. The van der Waals surface area contributed by atoms with Crippen LogP contribution in [0.1, 0.15) is 54.4 Å². The van der Waals surface area contributed by atoms with E-state index in [0.717, 1.165) is 25.9 Å². The van der Waals surface area contributed by atoms with Crippen LogP contribution in [0.4, 0.5) is 0 Å². The Balaban J connectivity index is -0.000000295. The molecule has 21 heavy (non-hydrogen) atoms. The van der Waals surface area contributed by atoms with Gasteiger partial charge >= 0.3 is 19.5 Å². The minimum absolute atomic E-state index is 0. The Morgan fingerprint density at radius 3 is 1.10 bits per heavy atom. The summed E-state index contributed by atoms with van der Waals surface area (Å²) in [6, 6.07) is 0.991. The maximum Gasteiger partial charge on any atom is 2.00 e. The third-order valence-corrected chi connectivity index (χ3v) is 4.33. The summed E-state index contributed by atoms with van der Waals surface area (Å²) in [6.07, 6.45) is 2.20. The van der Waals surface area contributed by atoms with E-state index in [4.69, 9.17) is 49.7 Å². The molecule has 0 N–H and O–H groups in total. The third-order valence-electron chi connectivity index (χ3n) is 3.40. The van der Waals surface area contributed by atoms with E-state index in [1.807, 2.05) is 0 Å². The second-order valence-corrected chi connectivity index (χ2v) is 6.68. The Morgan fingerprint density at radius 2 is 1.05 bits per heavy atom. The van der Waals surface area contributed by atoms with Gasteiger partial charge in [-0.25, -0.2) is 0 Å². The predicted octanol–water partition coefficient (Wildman–Crippen LogP) is 3.87. The quantitative estimate of drug-likeness (QED) is 0.365. The largest absolute Gasteiger partial charge is 2.00 e. The van der Waals surface area contributed by atoms with Crippen molar-refractivity contribution in [3.05, 3.63) is 0 Å². The van der Waals surface area contributed by atoms with Crippen LogP contribution in [-0.4, -0.2) is 43.6 Å². The van der Waals surface area contributed by atoms with Crippen molar-refractivity contribution < 1.29 is 19.5 Å². The van der Waals surface area contributed by atoms with Crippen molar-refractivity contribution in [1.29, 1.82) is 0 Å². The molecular formula is C14H28N2S4Zn. The molecule has 0 aliphatic carbocycles. The van der Waals surface area contributed by atoms with E-state index in [1.165, 1.54) is 0 Å². The first-order chi connectivity index (χ1) is 9.26. The molecule has 0 aliphatic rings. The van der Waals surface area contributed by atoms with E-state index in [2.05, 4.69) is 51.3 Å². The smallest absolute Gasteiger partial charge is 0.411 e. The fraction of sp³-hybridized carbons (Fsp3) is 0.857. The molecule has 2 unspecified atom stereocenters. The third kappa shape index (κ3) is 12.0. The number of rotatable bonds is 6. The molecule has 2 atom stereocenters. The number of nitrogens with zero attached hydrogens (tertiary/aromatic N) is 2. The van der Waals surface area contributed by atoms with Gasteiger partial charge in [-0.3, -0.25) is 0 Å². The molecule has 0 aromatic carbocycles. The van der Waals surface area contributed by atoms with Crippen molar-refractivity contribution in [2.75, 3.05) is 13.1 Å². The van der Waals surface area contributed by atoms with Crippen LogP contribution in [0.25, 0.3) is 0 Å². The van der Waals surface area contributed by atoms with Crippen LogP contribution in [-0.2, 0) is 44.7 Å². The van der Waals surface area contributed by atoms with E-state index in [1.54, 1.807) is 0 Å². The second kappa shape index (κ2) is 15.7. The Kier molecular flexibility index (Phi) is 20.0. The Hall–Kier alpha value is 0.843. The molecule has 0 saturated heterocycles. The fourth-order valence-electron chi connectivity index (χ4n) is 1.68. The van der Waals surface area contributed by atoms with E-state index in [-0.39, 0.29) is 19.5 Å². The average Bonchev–Trinajstić information content (AvgIpc) is 2.39. The molecule has 0 heterocycles. The SMILES string of the molecule is CCC(C)N(CC)C(=S)[S-].CCC(C)N(CC)C(=S)[S-].[Zn+2]. The summed E-state index contributed by atoms with van der Waals surface area (Å²) in [6.45, 7) is 14.6. The zero-order valence-corrected chi connectivity index (χ0v) is 20.5. The topological polar surface area (TPSA) is 6.48 Å². The van der Waals surface area contributed by atoms with Crippen molar-refractivity contribution in [3.8, 4) is 0 Å². The van der Waals surface area contributed by atoms with E-state index < -0.39 is 0 Å². The van der Waals surface area contributed by atoms with Crippen LogP contribution in [0, 0.1) is 0 Å². The summed E-state index contributed by atoms with van der Waals surface area (Å²) in [7, 11) is 0. The van der Waals surface area contributed by atoms with Gasteiger partial charge in [-0.1, -0.05) is 22.5 Å². The number of hydrogen-bond acceptors (Lipinski definition) is 4. The first-order valence-electron chi connectivity index (χ1n) is 7.21. The molecule has 0 amide bonds. The van der Waals surface area contributed by atoms with Crippen molar-refractivity contribution in [2.45, 2.75) is 66.5 Å². The summed E-state index contributed by atoms with van der Waals surface area (Å²) in [4.78, 5) is 4.12. The van der Waals surface area contributed by atoms with Crippen LogP contribution < -0.4 is 0 Å². The molecule has 0 bridgehead atoms. The van der Waals surface area contributed by atoms with Crippen molar-refractivity contribution in [1.82, 2.24) is 9.80 Å². The monoisotopic (exact) mass is 416 g/mol. The van der Waals surface area contributed by atoms with Gasteiger partial charge in [0.2, 0.25) is 0 Å². The Labute approximate surface area is 166 Å². The van der Waals surface area contributed by atoms with Gasteiger partial charge in [0.25, 0.3) is 0 Å². The summed E-state index contributed by atoms with van der Waals surface area (Å²) in [5.41, 5.74) is 0. The minimum atomic E-state index is 0. The molecule has 0 spiro atoms. The van der Waals surface area contributed by atoms with Gasteiger partial charge in [0.15, 0.2) is 0 Å². The molecule has 2 nitrogen and oxygen atoms in total. The molecule has 0 fully saturated rings. The maximum absolute atomic E-state index is 4.90. The van der Waals surface area contributed by atoms with E-state index in [9.17, 15) is 0 Å². The standard InChI is InChI=1S/2C7H15NS2.Zn/c2*1-4-6(3)8(5-2)7(9)10;/h2*6H,4-5H2,1-3H3,(H,9,10);/q;;+2/p-2. The fourth-order valence-corrected chi connectivity index (χ4v) is 2.92. The first-order valence-corrected chi connectivity index (χ1v) is 8.85. The van der Waals surface area contributed by atoms with Crippen molar-refractivity contribution in [3.63, 3.8) is 0 Å². The van der Waals surface area contributed by atoms with E-state index in [0.29, 0.717) is 20.7 Å². The van der Waals surface area contributed by atoms with Crippen LogP contribution in [0.2, 0.25) is 0 Å². The van der Waals surface area contributed by atoms with Gasteiger partial charge in [-0.2, -0.15) is 0 Å². The average molecular weight is 418 g/mol. The molecular weight excluding hydrogens is 390 g/mol. The van der Waals surface area contributed by atoms with Crippen LogP contribution >= 0.6 is 24.4 Å². The molecule has 0 saturated carbocycles. The van der Waals surface area contributed by atoms with Crippen molar-refractivity contribution in [2.24, 2.45) is 0 Å². The van der Waals surface area contributed by atoms with Gasteiger partial charge in [0.1, 0.15) is 0 Å². The summed E-state index contributed by atoms with van der Waals surface area (Å²) < 4.78 is 1.19. The summed E-state index contributed by atoms with van der Waals surface area (Å²) in [5.74, 6) is 0. The first kappa shape index (κ1) is 26.7. The summed E-state index contributed by atoms with van der Waals surface area (Å²) >= 11 is 19.6. The molecule has 7 heteroatoms. The van der Waals surface area contributed by atoms with Crippen molar-refractivity contribution >= 4 is 58.3 Å². The number of hydrogen-bond donors (Lipinski definition) is 0. The Morgan fingerprint density at radius 1 is 0.810 bits per heavy atom. The van der Waals surface area contributed by atoms with E-state index >= 15 is 0 Å². The van der Waals surface area contributed by atoms with Gasteiger partial charge in [0.05, 0.1) is 0 Å². The van der Waals surface area contributed by atoms with Gasteiger partial charge < -0.3 is 59.5 Å². The second-order valence-electron chi connectivity index (χ2n) is 4.62. The molecule has 0 rings (SSSR count). The van der Waals surface area contributed by atoms with Gasteiger partial charge in [-0.05, 0) is 40.5 Å². The normalized spacial score (nSPS) is 12.1. The van der Waals surface area contributed by atoms with Crippen LogP contribution in [0.3, 0.4) is 0 Å². The molecule has 0 aromatic heterocycles. The summed E-state index contributed by atoms with van der Waals surface area (Å²) in [5, 5.41) is 0. The number of thiocarbonyl (C=S) groups is 2. The maximum atomic E-state index is 4.90. The van der Waals surface area contributed by atoms with Crippen LogP contribution in [0.5, 0.6) is 0 Å². The minimum Gasteiger partial charge on any atom is -0.411 e.